The summed E-state index contributed by atoms with van der Waals surface area (Å²) in [7, 11) is -5.08. The number of carbonyl (C=O) groups is 1. The topological polar surface area (TPSA) is 178 Å². The van der Waals surface area contributed by atoms with E-state index in [1.807, 2.05) is 12.2 Å². The van der Waals surface area contributed by atoms with Crippen LogP contribution < -0.4 is 0 Å². The van der Waals surface area contributed by atoms with Crippen molar-refractivity contribution in [1.29, 1.82) is 0 Å². The Morgan fingerprint density at radius 1 is 0.609 bits per heavy atom. The molecule has 13 heteroatoms. The summed E-state index contributed by atoms with van der Waals surface area (Å²) in [4.78, 5) is 12.8. The first kappa shape index (κ1) is 59.6. The number of allylic oxidation sites excluding steroid dienone is 11. The molecule has 64 heavy (non-hydrogen) atoms. The van der Waals surface area contributed by atoms with E-state index >= 15 is 0 Å². The number of ether oxygens (including phenoxy) is 4. The molecular weight excluding hydrogens is 837 g/mol. The number of esters is 1. The first-order valence-electron chi connectivity index (χ1n) is 24.7. The monoisotopic (exact) mass is 925 g/mol. The van der Waals surface area contributed by atoms with Gasteiger partial charge in [-0.1, -0.05) is 183 Å². The largest absolute Gasteiger partial charge is 0.457 e. The summed E-state index contributed by atoms with van der Waals surface area (Å²) in [6, 6.07) is 0. The van der Waals surface area contributed by atoms with Crippen LogP contribution in [-0.4, -0.2) is 97.5 Å². The van der Waals surface area contributed by atoms with Gasteiger partial charge in [-0.25, -0.2) is 4.18 Å². The first-order valence-corrected chi connectivity index (χ1v) is 26.1. The summed E-state index contributed by atoms with van der Waals surface area (Å²) in [5, 5.41) is 30.7. The Morgan fingerprint density at radius 2 is 1.08 bits per heavy atom. The second kappa shape index (κ2) is 41.9. The van der Waals surface area contributed by atoms with Crippen molar-refractivity contribution in [3.8, 4) is 0 Å². The van der Waals surface area contributed by atoms with Crippen molar-refractivity contribution >= 4 is 16.4 Å². The molecule has 1 saturated heterocycles. The van der Waals surface area contributed by atoms with Gasteiger partial charge in [-0.05, 0) is 64.2 Å². The highest BCUT2D eigenvalue weighted by molar-refractivity contribution is 7.80. The summed E-state index contributed by atoms with van der Waals surface area (Å²) in [5.74, 6) is -0.527. The van der Waals surface area contributed by atoms with Gasteiger partial charge in [-0.15, -0.1) is 0 Å². The van der Waals surface area contributed by atoms with Crippen LogP contribution in [0, 0.1) is 0 Å². The third-order valence-corrected chi connectivity index (χ3v) is 11.3. The molecular formula is C51H88O12S. The Morgan fingerprint density at radius 3 is 1.56 bits per heavy atom. The van der Waals surface area contributed by atoms with E-state index < -0.39 is 59.8 Å². The maximum absolute atomic E-state index is 12.8. The summed E-state index contributed by atoms with van der Waals surface area (Å²) < 4.78 is 59.0. The van der Waals surface area contributed by atoms with E-state index in [-0.39, 0.29) is 19.6 Å². The fourth-order valence-corrected chi connectivity index (χ4v) is 7.66. The molecule has 0 aromatic carbocycles. The fourth-order valence-electron chi connectivity index (χ4n) is 7.15. The number of aliphatic hydroxyl groups is 3. The molecule has 1 heterocycles. The van der Waals surface area contributed by atoms with E-state index in [0.29, 0.717) is 13.0 Å². The quantitative estimate of drug-likeness (QED) is 0.0197. The third-order valence-electron chi connectivity index (χ3n) is 10.8. The zero-order chi connectivity index (χ0) is 46.8. The van der Waals surface area contributed by atoms with E-state index in [1.54, 1.807) is 6.08 Å². The number of hydrogen-bond donors (Lipinski definition) is 4. The van der Waals surface area contributed by atoms with Crippen molar-refractivity contribution in [3.05, 3.63) is 72.9 Å². The van der Waals surface area contributed by atoms with Crippen LogP contribution in [0.1, 0.15) is 181 Å². The zero-order valence-corrected chi connectivity index (χ0v) is 40.4. The number of hydrogen-bond acceptors (Lipinski definition) is 11. The maximum Gasteiger partial charge on any atom is 0.397 e. The average Bonchev–Trinajstić information content (AvgIpc) is 3.27. The van der Waals surface area contributed by atoms with Crippen LogP contribution in [0.5, 0.6) is 0 Å². The number of carbonyl (C=O) groups excluding carboxylic acids is 1. The van der Waals surface area contributed by atoms with Gasteiger partial charge in [-0.3, -0.25) is 9.35 Å². The fraction of sp³-hybridized carbons (Fsp3) is 0.745. The van der Waals surface area contributed by atoms with Crippen molar-refractivity contribution in [1.82, 2.24) is 0 Å². The molecule has 1 aliphatic rings. The van der Waals surface area contributed by atoms with Crippen molar-refractivity contribution in [3.63, 3.8) is 0 Å². The predicted octanol–water partition coefficient (Wildman–Crippen LogP) is 11.1. The van der Waals surface area contributed by atoms with E-state index in [0.717, 1.165) is 44.9 Å². The lowest BCUT2D eigenvalue weighted by molar-refractivity contribution is -0.301. The van der Waals surface area contributed by atoms with Crippen LogP contribution in [0.15, 0.2) is 72.9 Å². The molecule has 1 fully saturated rings. The van der Waals surface area contributed by atoms with Crippen LogP contribution in [0.25, 0.3) is 0 Å². The lowest BCUT2D eigenvalue weighted by Gasteiger charge is -2.41. The van der Waals surface area contributed by atoms with Crippen LogP contribution in [0.3, 0.4) is 0 Å². The van der Waals surface area contributed by atoms with Crippen LogP contribution in [0.4, 0.5) is 0 Å². The summed E-state index contributed by atoms with van der Waals surface area (Å²) in [6.45, 7) is 3.75. The van der Waals surface area contributed by atoms with Gasteiger partial charge in [0.25, 0.3) is 0 Å². The highest BCUT2D eigenvalue weighted by Crippen LogP contribution is 2.26. The minimum absolute atomic E-state index is 0.00636. The molecule has 0 saturated carbocycles. The van der Waals surface area contributed by atoms with Gasteiger partial charge in [0.2, 0.25) is 0 Å². The molecule has 4 N–H and O–H groups in total. The molecule has 370 valence electrons. The third kappa shape index (κ3) is 34.8. The van der Waals surface area contributed by atoms with Gasteiger partial charge in [0.15, 0.2) is 6.29 Å². The average molecular weight is 925 g/mol. The molecule has 6 atom stereocenters. The molecule has 1 aliphatic heterocycles. The normalized spacial score (nSPS) is 20.4. The van der Waals surface area contributed by atoms with Crippen molar-refractivity contribution in [2.45, 2.75) is 218 Å². The van der Waals surface area contributed by atoms with Gasteiger partial charge in [-0.2, -0.15) is 8.42 Å². The Balaban J connectivity index is 2.41. The van der Waals surface area contributed by atoms with Crippen molar-refractivity contribution in [2.75, 3.05) is 26.4 Å². The second-order valence-electron chi connectivity index (χ2n) is 16.7. The Hall–Kier alpha value is -2.46. The Bertz CT molecular complexity index is 1390. The number of unbranched alkanes of at least 4 members (excludes halogenated alkanes) is 18. The minimum atomic E-state index is -5.08. The van der Waals surface area contributed by atoms with E-state index in [2.05, 4.69) is 72.7 Å². The van der Waals surface area contributed by atoms with Gasteiger partial charge < -0.3 is 34.3 Å². The molecule has 6 unspecified atom stereocenters. The van der Waals surface area contributed by atoms with Crippen LogP contribution in [0.2, 0.25) is 0 Å². The van der Waals surface area contributed by atoms with Crippen molar-refractivity contribution < 1.29 is 56.2 Å². The first-order chi connectivity index (χ1) is 31.1. The molecule has 1 rings (SSSR count). The van der Waals surface area contributed by atoms with Crippen LogP contribution in [-0.2, 0) is 38.3 Å². The molecule has 0 spiro atoms. The van der Waals surface area contributed by atoms with Gasteiger partial charge in [0.05, 0.1) is 26.2 Å². The molecule has 0 radical (unpaired) electrons. The molecule has 12 nitrogen and oxygen atoms in total. The Labute approximate surface area is 388 Å². The van der Waals surface area contributed by atoms with E-state index in [4.69, 9.17) is 18.9 Å². The lowest BCUT2D eigenvalue weighted by atomic mass is 9.99. The highest BCUT2D eigenvalue weighted by atomic mass is 32.3. The summed E-state index contributed by atoms with van der Waals surface area (Å²) >= 11 is 0. The maximum atomic E-state index is 12.8. The standard InChI is InChI=1S/C51H88O12S/c1-3-5-7-9-11-13-15-17-19-20-21-22-23-24-25-27-29-31-33-35-37-39-41-59-43-45(44-60-51-49(55)50(63-64(56,57)58)48(54)46(42-52)62-51)61-47(53)40-38-36-34-32-30-28-26-18-16-14-12-10-8-6-4-2/h6,8,12,14,18,20-21,26,30,32,36,38,45-46,48-52,54-55H,3-5,7,9-11,13,15-17,19,22-25,27-29,31,33-35,37,39-44H2,1-2H3,(H,56,57,58)/b8-6-,14-12-,21-20-,26-18-,32-30-,38-36-. The van der Waals surface area contributed by atoms with Gasteiger partial charge >= 0.3 is 16.4 Å². The molecule has 0 aromatic heterocycles. The molecule has 0 amide bonds. The minimum Gasteiger partial charge on any atom is -0.457 e. The Kier molecular flexibility index (Phi) is 39.0. The SMILES string of the molecule is CC/C=C\C/C=C\C/C=C\C/C=C\C/C=C\CC(=O)OC(COCCCCCCCCCCCC/C=C\CCCCCCCCCC)COC1OC(CO)C(O)C(OS(=O)(=O)O)C1O. The highest BCUT2D eigenvalue weighted by Gasteiger charge is 2.48. The van der Waals surface area contributed by atoms with Crippen molar-refractivity contribution in [2.24, 2.45) is 0 Å². The van der Waals surface area contributed by atoms with E-state index in [1.165, 1.54) is 109 Å². The predicted molar refractivity (Wildman–Crippen MR) is 257 cm³/mol. The summed E-state index contributed by atoms with van der Waals surface area (Å²) in [6.07, 6.45) is 45.4. The second-order valence-corrected chi connectivity index (χ2v) is 17.7. The lowest BCUT2D eigenvalue weighted by Crippen LogP contribution is -2.60. The zero-order valence-electron chi connectivity index (χ0n) is 39.6. The van der Waals surface area contributed by atoms with Crippen LogP contribution >= 0.6 is 0 Å². The summed E-state index contributed by atoms with van der Waals surface area (Å²) in [5.41, 5.74) is 0. The molecule has 0 bridgehead atoms. The molecule has 0 aromatic rings. The smallest absolute Gasteiger partial charge is 0.397 e. The van der Waals surface area contributed by atoms with Gasteiger partial charge in [0.1, 0.15) is 30.5 Å². The van der Waals surface area contributed by atoms with Gasteiger partial charge in [0, 0.05) is 6.61 Å². The number of rotatable bonds is 42. The van der Waals surface area contributed by atoms with E-state index in [9.17, 15) is 33.1 Å². The molecule has 0 aliphatic carbocycles. The number of aliphatic hydroxyl groups excluding tert-OH is 3.